The van der Waals surface area contributed by atoms with E-state index in [1.807, 2.05) is 0 Å². The summed E-state index contributed by atoms with van der Waals surface area (Å²) >= 11 is 0. The number of rotatable bonds is 2. The maximum Gasteiger partial charge on any atom is 0.411 e. The van der Waals surface area contributed by atoms with Gasteiger partial charge in [-0.15, -0.1) is 0 Å². The highest BCUT2D eigenvalue weighted by Gasteiger charge is 2.23. The average Bonchev–Trinajstić information content (AvgIpc) is 1.21. The highest BCUT2D eigenvalue weighted by atomic mass is 31.2. The van der Waals surface area contributed by atoms with Crippen LogP contribution in [-0.4, -0.2) is 31.3 Å². The second-order valence-corrected chi connectivity index (χ2v) is 1.61. The molecule has 0 atom stereocenters. The molecule has 0 rings (SSSR count). The van der Waals surface area contributed by atoms with Gasteiger partial charge in [-0.3, -0.25) is 0 Å². The molecule has 0 fully saturated rings. The molecule has 0 radical (unpaired) electrons. The van der Waals surface area contributed by atoms with Crippen LogP contribution in [0.25, 0.3) is 0 Å². The van der Waals surface area contributed by atoms with Gasteiger partial charge in [-0.25, -0.2) is 4.52 Å². The fourth-order valence-electron chi connectivity index (χ4n) is 0.110. The maximum absolute atomic E-state index is 7.81. The van der Waals surface area contributed by atoms with E-state index in [9.17, 15) is 0 Å². The Morgan fingerprint density at radius 2 is 1.50 bits per heavy atom. The van der Waals surface area contributed by atoms with Gasteiger partial charge < -0.3 is 25.1 Å². The van der Waals surface area contributed by atoms with Crippen molar-refractivity contribution in [1.82, 2.24) is 0 Å². The monoisotopic (exact) mass is 144 g/mol. The van der Waals surface area contributed by atoms with E-state index < -0.39 is 14.8 Å². The Balaban J connectivity index is 3.39. The second-order valence-electron chi connectivity index (χ2n) is 0.918. The summed E-state index contributed by atoms with van der Waals surface area (Å²) < 4.78 is 3.28. The minimum absolute atomic E-state index is 2.94. The molecular weight excluding hydrogens is 139 g/mol. The van der Waals surface area contributed by atoms with Gasteiger partial charge in [0.15, 0.2) is 0 Å². The van der Waals surface area contributed by atoms with E-state index in [1.54, 1.807) is 0 Å². The highest BCUT2D eigenvalue weighted by molar-refractivity contribution is 7.39. The van der Waals surface area contributed by atoms with Gasteiger partial charge in [0.2, 0.25) is 0 Å². The normalized spacial score (nSPS) is 12.8. The minimum atomic E-state index is -3.45. The zero-order valence-electron chi connectivity index (χ0n) is 3.59. The molecular formula is CH5O6P. The Bertz CT molecular complexity index is 63.4. The first-order chi connectivity index (χ1) is 3.42. The zero-order valence-corrected chi connectivity index (χ0v) is 4.49. The molecule has 7 heteroatoms. The lowest BCUT2D eigenvalue weighted by Crippen LogP contribution is -2.28. The average molecular weight is 144 g/mol. The predicted octanol–water partition coefficient (Wildman–Crippen LogP) is -2.20. The van der Waals surface area contributed by atoms with Crippen molar-refractivity contribution in [3.8, 4) is 0 Å². The first-order valence-electron chi connectivity index (χ1n) is 1.46. The van der Waals surface area contributed by atoms with Crippen LogP contribution in [-0.2, 0) is 4.52 Å². The highest BCUT2D eigenvalue weighted by Crippen LogP contribution is 2.28. The van der Waals surface area contributed by atoms with Gasteiger partial charge >= 0.3 is 14.8 Å². The molecule has 0 aliphatic carbocycles. The molecule has 6 nitrogen and oxygen atoms in total. The largest absolute Gasteiger partial charge is 0.411 e. The summed E-state index contributed by atoms with van der Waals surface area (Å²) in [7, 11) is -2.94. The van der Waals surface area contributed by atoms with E-state index in [0.717, 1.165) is 0 Å². The molecule has 0 amide bonds. The fraction of sp³-hybridized carbons (Fsp3) is 1.00. The summed E-state index contributed by atoms with van der Waals surface area (Å²) in [6, 6.07) is 0. The summed E-state index contributed by atoms with van der Waals surface area (Å²) in [5.74, 6) is 0. The summed E-state index contributed by atoms with van der Waals surface area (Å²) in [5, 5.41) is 23.3. The van der Waals surface area contributed by atoms with Crippen LogP contribution >= 0.6 is 8.60 Å². The van der Waals surface area contributed by atoms with Crippen LogP contribution < -0.4 is 0 Å². The molecule has 0 saturated heterocycles. The summed E-state index contributed by atoms with van der Waals surface area (Å²) in [4.78, 5) is 15.6. The van der Waals surface area contributed by atoms with Gasteiger partial charge in [0.1, 0.15) is 0 Å². The van der Waals surface area contributed by atoms with Gasteiger partial charge in [0.05, 0.1) is 0 Å². The molecule has 50 valence electrons. The van der Waals surface area contributed by atoms with Crippen LogP contribution in [0.3, 0.4) is 0 Å². The number of hydrogen-bond donors (Lipinski definition) is 5. The Kier molecular flexibility index (Phi) is 2.72. The summed E-state index contributed by atoms with van der Waals surface area (Å²) in [6.07, 6.45) is -3.45. The summed E-state index contributed by atoms with van der Waals surface area (Å²) in [6.45, 7) is 0. The van der Waals surface area contributed by atoms with Crippen LogP contribution in [0.5, 0.6) is 0 Å². The molecule has 0 aromatic rings. The van der Waals surface area contributed by atoms with E-state index in [4.69, 9.17) is 25.1 Å². The van der Waals surface area contributed by atoms with E-state index >= 15 is 0 Å². The van der Waals surface area contributed by atoms with Crippen LogP contribution in [0, 0.1) is 0 Å². The van der Waals surface area contributed by atoms with E-state index in [2.05, 4.69) is 4.52 Å². The van der Waals surface area contributed by atoms with Crippen molar-refractivity contribution in [3.05, 3.63) is 0 Å². The zero-order chi connectivity index (χ0) is 6.78. The molecule has 0 saturated carbocycles. The SMILES string of the molecule is OP(O)OC(O)(O)O. The molecule has 0 aliphatic rings. The van der Waals surface area contributed by atoms with Gasteiger partial charge in [0.25, 0.3) is 0 Å². The van der Waals surface area contributed by atoms with Crippen LogP contribution in [0.4, 0.5) is 0 Å². The topological polar surface area (TPSA) is 110 Å². The van der Waals surface area contributed by atoms with Crippen molar-refractivity contribution in [2.75, 3.05) is 0 Å². The minimum Gasteiger partial charge on any atom is -0.328 e. The smallest absolute Gasteiger partial charge is 0.328 e. The van der Waals surface area contributed by atoms with Gasteiger partial charge in [-0.1, -0.05) is 0 Å². The molecule has 0 aromatic heterocycles. The molecule has 0 aromatic carbocycles. The van der Waals surface area contributed by atoms with Crippen molar-refractivity contribution in [1.29, 1.82) is 0 Å². The Morgan fingerprint density at radius 1 is 1.12 bits per heavy atom. The lowest BCUT2D eigenvalue weighted by molar-refractivity contribution is -0.421. The summed E-state index contributed by atoms with van der Waals surface area (Å²) in [5.41, 5.74) is 0. The molecule has 8 heavy (non-hydrogen) atoms. The predicted molar refractivity (Wildman–Crippen MR) is 21.8 cm³/mol. The van der Waals surface area contributed by atoms with Crippen LogP contribution in [0.2, 0.25) is 0 Å². The third-order valence-corrected chi connectivity index (χ3v) is 0.612. The standard InChI is InChI=1S/CH5O6P/c2-1(3,4)7-8(5)6/h2-6H. The fourth-order valence-corrected chi connectivity index (χ4v) is 0.329. The van der Waals surface area contributed by atoms with Crippen molar-refractivity contribution >= 4 is 8.60 Å². The van der Waals surface area contributed by atoms with Crippen LogP contribution in [0.1, 0.15) is 0 Å². The lowest BCUT2D eigenvalue weighted by Gasteiger charge is -2.12. The Hall–Kier alpha value is 0.190. The third kappa shape index (κ3) is 6.19. The third-order valence-electron chi connectivity index (χ3n) is 0.204. The number of aliphatic hydroxyl groups is 3. The molecule has 5 N–H and O–H groups in total. The maximum atomic E-state index is 7.81. The van der Waals surface area contributed by atoms with Crippen molar-refractivity contribution in [2.24, 2.45) is 0 Å². The quantitative estimate of drug-likeness (QED) is 0.222. The van der Waals surface area contributed by atoms with E-state index in [1.165, 1.54) is 0 Å². The molecule has 0 bridgehead atoms. The molecule has 0 heterocycles. The van der Waals surface area contributed by atoms with Gasteiger partial charge in [0, 0.05) is 0 Å². The van der Waals surface area contributed by atoms with Crippen LogP contribution in [0.15, 0.2) is 0 Å². The van der Waals surface area contributed by atoms with E-state index in [0.29, 0.717) is 0 Å². The second kappa shape index (κ2) is 2.65. The van der Waals surface area contributed by atoms with Gasteiger partial charge in [-0.05, 0) is 0 Å². The Morgan fingerprint density at radius 3 is 1.50 bits per heavy atom. The molecule has 0 unspecified atom stereocenters. The van der Waals surface area contributed by atoms with Crippen molar-refractivity contribution < 1.29 is 29.6 Å². The van der Waals surface area contributed by atoms with Crippen molar-refractivity contribution in [3.63, 3.8) is 0 Å². The van der Waals surface area contributed by atoms with Gasteiger partial charge in [-0.2, -0.15) is 0 Å². The van der Waals surface area contributed by atoms with Crippen molar-refractivity contribution in [2.45, 2.75) is 6.16 Å². The lowest BCUT2D eigenvalue weighted by atomic mass is 11.2. The first-order valence-corrected chi connectivity index (χ1v) is 2.62. The van der Waals surface area contributed by atoms with E-state index in [-0.39, 0.29) is 0 Å². The number of hydrogen-bond acceptors (Lipinski definition) is 6. The first kappa shape index (κ1) is 8.19. The molecule has 0 aliphatic heterocycles. The Labute approximate surface area is 45.6 Å². The molecule has 0 spiro atoms.